The minimum absolute atomic E-state index is 0.0838. The Balaban J connectivity index is 2.20. The number of anilines is 1. The highest BCUT2D eigenvalue weighted by molar-refractivity contribution is 14.1. The zero-order valence-corrected chi connectivity index (χ0v) is 12.4. The Hall–Kier alpha value is -1.70. The number of rotatable bonds is 4. The monoisotopic (exact) mass is 369 g/mol. The Kier molecular flexibility index (Phi) is 4.31. The second kappa shape index (κ2) is 5.96. The lowest BCUT2D eigenvalue weighted by Gasteiger charge is -2.08. The van der Waals surface area contributed by atoms with E-state index in [9.17, 15) is 10.1 Å². The molecule has 1 N–H and O–H groups in total. The van der Waals surface area contributed by atoms with Gasteiger partial charge in [-0.1, -0.05) is 6.07 Å². The number of aryl methyl sites for hydroxylation is 1. The number of nitro groups is 1. The first kappa shape index (κ1) is 13.7. The summed E-state index contributed by atoms with van der Waals surface area (Å²) in [6, 6.07) is 8.94. The summed E-state index contributed by atoms with van der Waals surface area (Å²) in [5.41, 5.74) is 2.54. The largest absolute Gasteiger partial charge is 0.374 e. The van der Waals surface area contributed by atoms with Crippen LogP contribution in [-0.2, 0) is 6.54 Å². The van der Waals surface area contributed by atoms with E-state index in [1.807, 2.05) is 25.1 Å². The van der Waals surface area contributed by atoms with E-state index < -0.39 is 0 Å². The average molecular weight is 369 g/mol. The van der Waals surface area contributed by atoms with E-state index in [0.29, 0.717) is 12.2 Å². The topological polar surface area (TPSA) is 68.1 Å². The molecule has 1 aromatic heterocycles. The third-order valence-electron chi connectivity index (χ3n) is 2.72. The van der Waals surface area contributed by atoms with Crippen molar-refractivity contribution < 1.29 is 4.92 Å². The van der Waals surface area contributed by atoms with Crippen LogP contribution in [0.5, 0.6) is 0 Å². The molecule has 0 aliphatic rings. The third kappa shape index (κ3) is 3.40. The van der Waals surface area contributed by atoms with Crippen LogP contribution in [-0.4, -0.2) is 9.91 Å². The van der Waals surface area contributed by atoms with Crippen molar-refractivity contribution in [3.8, 4) is 0 Å². The molecule has 0 amide bonds. The molecule has 0 bridgehead atoms. The molecule has 1 heterocycles. The third-order valence-corrected chi connectivity index (χ3v) is 3.39. The van der Waals surface area contributed by atoms with Gasteiger partial charge in [0.2, 0.25) is 0 Å². The van der Waals surface area contributed by atoms with Crippen LogP contribution in [0.15, 0.2) is 36.5 Å². The number of nitrogens with zero attached hydrogens (tertiary/aromatic N) is 2. The van der Waals surface area contributed by atoms with Gasteiger partial charge in [0.1, 0.15) is 5.69 Å². The Morgan fingerprint density at radius 2 is 2.21 bits per heavy atom. The number of aromatic nitrogens is 1. The van der Waals surface area contributed by atoms with Crippen molar-refractivity contribution in [2.24, 2.45) is 0 Å². The molecule has 2 rings (SSSR count). The second-order valence-electron chi connectivity index (χ2n) is 4.04. The summed E-state index contributed by atoms with van der Waals surface area (Å²) in [5, 5.41) is 14.1. The van der Waals surface area contributed by atoms with Crippen molar-refractivity contribution in [1.82, 2.24) is 4.98 Å². The lowest BCUT2D eigenvalue weighted by Crippen LogP contribution is -2.05. The number of hydrogen-bond donors (Lipinski definition) is 1. The fourth-order valence-electron chi connectivity index (χ4n) is 1.69. The van der Waals surface area contributed by atoms with Gasteiger partial charge in [0, 0.05) is 15.8 Å². The van der Waals surface area contributed by atoms with E-state index in [2.05, 4.69) is 32.9 Å². The van der Waals surface area contributed by atoms with Crippen LogP contribution in [0.4, 0.5) is 11.4 Å². The zero-order chi connectivity index (χ0) is 13.8. The molecule has 0 saturated heterocycles. The van der Waals surface area contributed by atoms with Crippen LogP contribution in [0.25, 0.3) is 0 Å². The summed E-state index contributed by atoms with van der Waals surface area (Å²) in [6.45, 7) is 2.43. The van der Waals surface area contributed by atoms with Crippen LogP contribution in [0, 0.1) is 20.6 Å². The van der Waals surface area contributed by atoms with Crippen LogP contribution in [0.1, 0.15) is 11.3 Å². The molecule has 0 spiro atoms. The van der Waals surface area contributed by atoms with Gasteiger partial charge >= 0.3 is 0 Å². The van der Waals surface area contributed by atoms with Gasteiger partial charge in [-0.2, -0.15) is 0 Å². The van der Waals surface area contributed by atoms with E-state index in [-0.39, 0.29) is 10.6 Å². The Labute approximate surface area is 124 Å². The van der Waals surface area contributed by atoms with Gasteiger partial charge in [-0.25, -0.2) is 0 Å². The van der Waals surface area contributed by atoms with Crippen LogP contribution >= 0.6 is 22.6 Å². The molecule has 1 aromatic carbocycles. The first-order valence-corrected chi connectivity index (χ1v) is 6.74. The van der Waals surface area contributed by atoms with Crippen LogP contribution in [0.3, 0.4) is 0 Å². The van der Waals surface area contributed by atoms with Gasteiger partial charge < -0.3 is 5.32 Å². The van der Waals surface area contributed by atoms with Gasteiger partial charge in [-0.15, -0.1) is 0 Å². The van der Waals surface area contributed by atoms with Crippen molar-refractivity contribution in [2.45, 2.75) is 13.5 Å². The van der Waals surface area contributed by atoms with E-state index in [4.69, 9.17) is 0 Å². The zero-order valence-electron chi connectivity index (χ0n) is 10.3. The molecule has 0 atom stereocenters. The maximum Gasteiger partial charge on any atom is 0.293 e. The summed E-state index contributed by atoms with van der Waals surface area (Å²) in [6.07, 6.45) is 1.71. The summed E-state index contributed by atoms with van der Waals surface area (Å²) in [7, 11) is 0. The number of nitrogens with one attached hydrogen (secondary N) is 1. The number of pyridine rings is 1. The van der Waals surface area contributed by atoms with Gasteiger partial charge in [-0.3, -0.25) is 15.1 Å². The Morgan fingerprint density at radius 3 is 2.89 bits per heavy atom. The summed E-state index contributed by atoms with van der Waals surface area (Å²) in [5.74, 6) is 0. The van der Waals surface area contributed by atoms with Crippen LogP contribution < -0.4 is 5.32 Å². The molecular weight excluding hydrogens is 357 g/mol. The Bertz CT molecular complexity index is 617. The van der Waals surface area contributed by atoms with Crippen molar-refractivity contribution in [1.29, 1.82) is 0 Å². The summed E-state index contributed by atoms with van der Waals surface area (Å²) in [4.78, 5) is 14.9. The van der Waals surface area contributed by atoms with Crippen molar-refractivity contribution in [2.75, 3.05) is 5.32 Å². The lowest BCUT2D eigenvalue weighted by atomic mass is 10.2. The molecule has 2 aromatic rings. The fraction of sp³-hybridized carbons (Fsp3) is 0.154. The van der Waals surface area contributed by atoms with Crippen molar-refractivity contribution in [3.63, 3.8) is 0 Å². The number of halogens is 1. The number of nitro benzene ring substituents is 1. The number of benzene rings is 1. The summed E-state index contributed by atoms with van der Waals surface area (Å²) < 4.78 is 0.837. The lowest BCUT2D eigenvalue weighted by molar-refractivity contribution is -0.384. The molecule has 0 unspecified atom stereocenters. The number of hydrogen-bond acceptors (Lipinski definition) is 4. The molecular formula is C13H12IN3O2. The van der Waals surface area contributed by atoms with E-state index >= 15 is 0 Å². The molecule has 0 fully saturated rings. The SMILES string of the molecule is Cc1cccnc1CNc1ccc(I)cc1[N+](=O)[O-]. The molecule has 6 heteroatoms. The van der Waals surface area contributed by atoms with Crippen molar-refractivity contribution >= 4 is 34.0 Å². The van der Waals surface area contributed by atoms with E-state index in [1.165, 1.54) is 0 Å². The minimum atomic E-state index is -0.379. The fourth-order valence-corrected chi connectivity index (χ4v) is 2.16. The van der Waals surface area contributed by atoms with E-state index in [1.54, 1.807) is 18.3 Å². The molecule has 98 valence electrons. The first-order chi connectivity index (χ1) is 9.08. The van der Waals surface area contributed by atoms with Crippen LogP contribution in [0.2, 0.25) is 0 Å². The minimum Gasteiger partial charge on any atom is -0.374 e. The highest BCUT2D eigenvalue weighted by Crippen LogP contribution is 2.26. The van der Waals surface area contributed by atoms with Gasteiger partial charge in [0.15, 0.2) is 0 Å². The van der Waals surface area contributed by atoms with E-state index in [0.717, 1.165) is 14.8 Å². The normalized spacial score (nSPS) is 10.2. The maximum atomic E-state index is 11.0. The van der Waals surface area contributed by atoms with Gasteiger partial charge in [0.25, 0.3) is 5.69 Å². The summed E-state index contributed by atoms with van der Waals surface area (Å²) >= 11 is 2.06. The standard InChI is InChI=1S/C13H12IN3O2/c1-9-3-2-6-15-12(9)8-16-11-5-4-10(14)7-13(11)17(18)19/h2-7,16H,8H2,1H3. The first-order valence-electron chi connectivity index (χ1n) is 5.66. The predicted octanol–water partition coefficient (Wildman–Crippen LogP) is 3.51. The highest BCUT2D eigenvalue weighted by atomic mass is 127. The average Bonchev–Trinajstić information content (AvgIpc) is 2.38. The smallest absolute Gasteiger partial charge is 0.293 e. The highest BCUT2D eigenvalue weighted by Gasteiger charge is 2.14. The van der Waals surface area contributed by atoms with Gasteiger partial charge in [-0.05, 0) is 53.3 Å². The molecule has 5 nitrogen and oxygen atoms in total. The molecule has 0 saturated carbocycles. The van der Waals surface area contributed by atoms with Crippen molar-refractivity contribution in [3.05, 3.63) is 61.5 Å². The second-order valence-corrected chi connectivity index (χ2v) is 5.28. The predicted molar refractivity (Wildman–Crippen MR) is 82.1 cm³/mol. The molecule has 0 aliphatic heterocycles. The Morgan fingerprint density at radius 1 is 1.42 bits per heavy atom. The molecule has 0 radical (unpaired) electrons. The molecule has 0 aliphatic carbocycles. The maximum absolute atomic E-state index is 11.0. The molecule has 19 heavy (non-hydrogen) atoms. The quantitative estimate of drug-likeness (QED) is 0.509. The van der Waals surface area contributed by atoms with Gasteiger partial charge in [0.05, 0.1) is 17.2 Å².